The van der Waals surface area contributed by atoms with Crippen LogP contribution in [0.15, 0.2) is 35.1 Å². The number of halogens is 1. The van der Waals surface area contributed by atoms with Gasteiger partial charge in [-0.3, -0.25) is 0 Å². The number of hydrogen-bond donors (Lipinski definition) is 1. The Morgan fingerprint density at radius 2 is 2.05 bits per heavy atom. The highest BCUT2D eigenvalue weighted by Gasteiger charge is 2.15. The second-order valence-corrected chi connectivity index (χ2v) is 5.80. The Bertz CT molecular complexity index is 792. The first-order valence-corrected chi connectivity index (χ1v) is 7.17. The fourth-order valence-corrected chi connectivity index (χ4v) is 2.95. The first-order chi connectivity index (χ1) is 9.58. The molecule has 0 unspecified atom stereocenters. The van der Waals surface area contributed by atoms with Crippen molar-refractivity contribution < 1.29 is 0 Å². The highest BCUT2D eigenvalue weighted by Crippen LogP contribution is 2.27. The third-order valence-corrected chi connectivity index (χ3v) is 4.16. The summed E-state index contributed by atoms with van der Waals surface area (Å²) < 4.78 is 3.26. The van der Waals surface area contributed by atoms with Gasteiger partial charge in [0.05, 0.1) is 5.39 Å². The van der Waals surface area contributed by atoms with Crippen molar-refractivity contribution >= 4 is 32.8 Å². The molecule has 0 bridgehead atoms. The van der Waals surface area contributed by atoms with Gasteiger partial charge in [0.2, 0.25) is 0 Å². The van der Waals surface area contributed by atoms with Crippen molar-refractivity contribution in [1.82, 2.24) is 14.5 Å². The lowest BCUT2D eigenvalue weighted by Gasteiger charge is -2.08. The Balaban J connectivity index is 2.17. The normalized spacial score (nSPS) is 11.2. The van der Waals surface area contributed by atoms with Gasteiger partial charge in [-0.05, 0) is 37.1 Å². The quantitative estimate of drug-likeness (QED) is 0.783. The van der Waals surface area contributed by atoms with Gasteiger partial charge < -0.3 is 10.3 Å². The van der Waals surface area contributed by atoms with E-state index in [1.165, 1.54) is 17.6 Å². The van der Waals surface area contributed by atoms with Crippen LogP contribution in [0.5, 0.6) is 0 Å². The van der Waals surface area contributed by atoms with Crippen molar-refractivity contribution in [2.45, 2.75) is 20.4 Å². The number of aromatic nitrogens is 3. The van der Waals surface area contributed by atoms with Crippen molar-refractivity contribution in [2.75, 3.05) is 5.73 Å². The molecule has 0 saturated carbocycles. The van der Waals surface area contributed by atoms with Gasteiger partial charge in [-0.2, -0.15) is 0 Å². The van der Waals surface area contributed by atoms with Gasteiger partial charge in [0, 0.05) is 16.7 Å². The van der Waals surface area contributed by atoms with Crippen LogP contribution < -0.4 is 5.73 Å². The average Bonchev–Trinajstić information content (AvgIpc) is 2.65. The van der Waals surface area contributed by atoms with Gasteiger partial charge in [0.1, 0.15) is 17.8 Å². The third-order valence-electron chi connectivity index (χ3n) is 3.66. The molecule has 0 atom stereocenters. The summed E-state index contributed by atoms with van der Waals surface area (Å²) in [6, 6.07) is 8.28. The van der Waals surface area contributed by atoms with E-state index in [2.05, 4.69) is 56.4 Å². The van der Waals surface area contributed by atoms with E-state index in [9.17, 15) is 0 Å². The second-order valence-electron chi connectivity index (χ2n) is 4.88. The molecule has 3 rings (SSSR count). The highest BCUT2D eigenvalue weighted by molar-refractivity contribution is 9.10. The zero-order valence-corrected chi connectivity index (χ0v) is 13.0. The summed E-state index contributed by atoms with van der Waals surface area (Å²) in [4.78, 5) is 8.49. The van der Waals surface area contributed by atoms with Gasteiger partial charge in [-0.25, -0.2) is 9.97 Å². The molecular formula is C15H15BrN4. The van der Waals surface area contributed by atoms with Crippen LogP contribution in [-0.2, 0) is 6.54 Å². The zero-order valence-electron chi connectivity index (χ0n) is 11.4. The topological polar surface area (TPSA) is 56.7 Å². The largest absolute Gasteiger partial charge is 0.383 e. The summed E-state index contributed by atoms with van der Waals surface area (Å²) in [5, 5.41) is 0.958. The summed E-state index contributed by atoms with van der Waals surface area (Å²) >= 11 is 3.51. The average molecular weight is 331 g/mol. The summed E-state index contributed by atoms with van der Waals surface area (Å²) in [5.74, 6) is 0.545. The van der Waals surface area contributed by atoms with Crippen LogP contribution in [0.1, 0.15) is 16.8 Å². The summed E-state index contributed by atoms with van der Waals surface area (Å²) in [5.41, 5.74) is 10.4. The number of nitrogens with zero attached hydrogens (tertiary/aromatic N) is 3. The molecule has 2 aromatic heterocycles. The van der Waals surface area contributed by atoms with E-state index in [0.29, 0.717) is 5.82 Å². The molecule has 1 aromatic carbocycles. The van der Waals surface area contributed by atoms with Crippen LogP contribution in [0.25, 0.3) is 11.0 Å². The molecule has 4 nitrogen and oxygen atoms in total. The van der Waals surface area contributed by atoms with Gasteiger partial charge in [-0.15, -0.1) is 0 Å². The maximum absolute atomic E-state index is 5.98. The van der Waals surface area contributed by atoms with Crippen molar-refractivity contribution in [3.63, 3.8) is 0 Å². The Hall–Kier alpha value is -1.88. The fraction of sp³-hybridized carbons (Fsp3) is 0.200. The van der Waals surface area contributed by atoms with Crippen molar-refractivity contribution in [1.29, 1.82) is 0 Å². The predicted molar refractivity (Wildman–Crippen MR) is 84.7 cm³/mol. The maximum atomic E-state index is 5.98. The summed E-state index contributed by atoms with van der Waals surface area (Å²) in [6.07, 6.45) is 1.52. The Labute approximate surface area is 125 Å². The van der Waals surface area contributed by atoms with E-state index in [4.69, 9.17) is 5.73 Å². The lowest BCUT2D eigenvalue weighted by molar-refractivity contribution is 0.789. The Morgan fingerprint density at radius 3 is 2.80 bits per heavy atom. The highest BCUT2D eigenvalue weighted by atomic mass is 79.9. The first kappa shape index (κ1) is 13.1. The van der Waals surface area contributed by atoms with Gasteiger partial charge in [0.15, 0.2) is 0 Å². The molecule has 3 aromatic rings. The number of nitrogen functional groups attached to an aromatic ring is 1. The maximum Gasteiger partial charge on any atom is 0.146 e. The Morgan fingerprint density at radius 1 is 1.25 bits per heavy atom. The number of rotatable bonds is 2. The van der Waals surface area contributed by atoms with Gasteiger partial charge >= 0.3 is 0 Å². The standard InChI is InChI=1S/C15H15BrN4/c1-9-10(2)20(7-11-4-3-5-12(16)6-11)15-13(9)14(17)18-8-19-15/h3-6,8H,7H2,1-2H3,(H2,17,18,19). The lowest BCUT2D eigenvalue weighted by atomic mass is 10.2. The molecule has 2 heterocycles. The molecule has 5 heteroatoms. The van der Waals surface area contributed by atoms with Crippen molar-refractivity contribution in [3.05, 3.63) is 51.9 Å². The van der Waals surface area contributed by atoms with Crippen molar-refractivity contribution in [3.8, 4) is 0 Å². The number of aryl methyl sites for hydroxylation is 1. The Kier molecular flexibility index (Phi) is 3.22. The van der Waals surface area contributed by atoms with Gasteiger partial charge in [-0.1, -0.05) is 28.1 Å². The molecule has 0 amide bonds. The van der Waals surface area contributed by atoms with Crippen LogP contribution in [0.2, 0.25) is 0 Å². The third kappa shape index (κ3) is 2.08. The number of hydrogen-bond acceptors (Lipinski definition) is 3. The van der Waals surface area contributed by atoms with E-state index >= 15 is 0 Å². The molecular weight excluding hydrogens is 316 g/mol. The van der Waals surface area contributed by atoms with Crippen LogP contribution in [0.3, 0.4) is 0 Å². The number of anilines is 1. The molecule has 0 spiro atoms. The van der Waals surface area contributed by atoms with Crippen LogP contribution in [0.4, 0.5) is 5.82 Å². The number of nitrogens with two attached hydrogens (primary N) is 1. The van der Waals surface area contributed by atoms with Crippen LogP contribution in [0, 0.1) is 13.8 Å². The monoisotopic (exact) mass is 330 g/mol. The van der Waals surface area contributed by atoms with E-state index in [1.54, 1.807) is 0 Å². The molecule has 2 N–H and O–H groups in total. The number of fused-ring (bicyclic) bond motifs is 1. The summed E-state index contributed by atoms with van der Waals surface area (Å²) in [6.45, 7) is 4.93. The first-order valence-electron chi connectivity index (χ1n) is 6.38. The smallest absolute Gasteiger partial charge is 0.146 e. The minimum atomic E-state index is 0.545. The number of benzene rings is 1. The van der Waals surface area contributed by atoms with Crippen molar-refractivity contribution in [2.24, 2.45) is 0 Å². The summed E-state index contributed by atoms with van der Waals surface area (Å²) in [7, 11) is 0. The van der Waals surface area contributed by atoms with Crippen LogP contribution in [-0.4, -0.2) is 14.5 Å². The molecule has 20 heavy (non-hydrogen) atoms. The van der Waals surface area contributed by atoms with E-state index in [-0.39, 0.29) is 0 Å². The van der Waals surface area contributed by atoms with Crippen LogP contribution >= 0.6 is 15.9 Å². The van der Waals surface area contributed by atoms with Gasteiger partial charge in [0.25, 0.3) is 0 Å². The molecule has 0 aliphatic rings. The second kappa shape index (κ2) is 4.90. The minimum Gasteiger partial charge on any atom is -0.383 e. The lowest BCUT2D eigenvalue weighted by Crippen LogP contribution is -2.03. The van der Waals surface area contributed by atoms with E-state index in [1.807, 2.05) is 12.1 Å². The molecule has 0 aliphatic carbocycles. The minimum absolute atomic E-state index is 0.545. The molecule has 102 valence electrons. The molecule has 0 fully saturated rings. The van der Waals surface area contributed by atoms with E-state index in [0.717, 1.165) is 27.6 Å². The SMILES string of the molecule is Cc1c(C)n(Cc2cccc(Br)c2)c2ncnc(N)c12. The fourth-order valence-electron chi connectivity index (χ4n) is 2.51. The molecule has 0 saturated heterocycles. The molecule has 0 aliphatic heterocycles. The zero-order chi connectivity index (χ0) is 14.3. The molecule has 0 radical (unpaired) electrons. The van der Waals surface area contributed by atoms with E-state index < -0.39 is 0 Å². The predicted octanol–water partition coefficient (Wildman–Crippen LogP) is 3.44.